The van der Waals surface area contributed by atoms with E-state index in [1.165, 1.54) is 25.7 Å². The Morgan fingerprint density at radius 1 is 1.38 bits per heavy atom. The van der Waals surface area contributed by atoms with Gasteiger partial charge in [0.05, 0.1) is 0 Å². The maximum Gasteiger partial charge on any atom is 0.220 e. The lowest BCUT2D eigenvalue weighted by molar-refractivity contribution is -0.121. The van der Waals surface area contributed by atoms with Crippen LogP contribution in [0.4, 0.5) is 0 Å². The molecule has 1 amide bonds. The summed E-state index contributed by atoms with van der Waals surface area (Å²) in [5, 5.41) is 4.08. The van der Waals surface area contributed by atoms with E-state index >= 15 is 0 Å². The third-order valence-electron chi connectivity index (χ3n) is 3.42. The third kappa shape index (κ3) is 5.88. The molecule has 1 aliphatic rings. The van der Waals surface area contributed by atoms with Crippen molar-refractivity contribution in [2.24, 2.45) is 11.8 Å². The molecule has 0 heterocycles. The lowest BCUT2D eigenvalue weighted by Gasteiger charge is -2.26. The molecule has 16 heavy (non-hydrogen) atoms. The van der Waals surface area contributed by atoms with E-state index in [1.807, 2.05) is 0 Å². The zero-order valence-corrected chi connectivity index (χ0v) is 11.9. The molecule has 2 unspecified atom stereocenters. The van der Waals surface area contributed by atoms with Crippen LogP contribution in [-0.4, -0.2) is 17.8 Å². The molecular weight excluding hydrogens is 266 g/mol. The van der Waals surface area contributed by atoms with Crippen molar-refractivity contribution in [3.63, 3.8) is 0 Å². The van der Waals surface area contributed by atoms with E-state index in [0.29, 0.717) is 6.42 Å². The van der Waals surface area contributed by atoms with Crippen molar-refractivity contribution >= 4 is 21.8 Å². The molecule has 1 aliphatic carbocycles. The predicted molar refractivity (Wildman–Crippen MR) is 71.8 cm³/mol. The van der Waals surface area contributed by atoms with E-state index in [-0.39, 0.29) is 5.91 Å². The number of unbranched alkanes of at least 4 members (excludes halogenated alkanes) is 1. The highest BCUT2D eigenvalue weighted by Crippen LogP contribution is 2.27. The maximum absolute atomic E-state index is 11.5. The Bertz CT molecular complexity index is 208. The van der Waals surface area contributed by atoms with Crippen LogP contribution in [0, 0.1) is 11.8 Å². The number of amides is 1. The van der Waals surface area contributed by atoms with Crippen LogP contribution in [0.1, 0.15) is 51.9 Å². The smallest absolute Gasteiger partial charge is 0.220 e. The summed E-state index contributed by atoms with van der Waals surface area (Å²) in [4.78, 5) is 11.5. The molecule has 0 aliphatic heterocycles. The number of alkyl halides is 1. The minimum atomic E-state index is 0.235. The van der Waals surface area contributed by atoms with Crippen molar-refractivity contribution in [2.45, 2.75) is 51.9 Å². The fourth-order valence-corrected chi connectivity index (χ4v) is 2.87. The summed E-state index contributed by atoms with van der Waals surface area (Å²) >= 11 is 3.38. The highest BCUT2D eigenvalue weighted by molar-refractivity contribution is 9.09. The molecule has 94 valence electrons. The lowest BCUT2D eigenvalue weighted by atomic mass is 9.82. The van der Waals surface area contributed by atoms with Crippen molar-refractivity contribution < 1.29 is 4.79 Å². The van der Waals surface area contributed by atoms with Gasteiger partial charge in [0.2, 0.25) is 5.91 Å². The van der Waals surface area contributed by atoms with Crippen LogP contribution in [0.5, 0.6) is 0 Å². The average Bonchev–Trinajstić information content (AvgIpc) is 2.27. The van der Waals surface area contributed by atoms with Crippen molar-refractivity contribution in [2.75, 3.05) is 11.9 Å². The molecule has 0 aromatic carbocycles. The second-order valence-corrected chi connectivity index (χ2v) is 5.88. The minimum Gasteiger partial charge on any atom is -0.356 e. The molecule has 1 fully saturated rings. The van der Waals surface area contributed by atoms with Gasteiger partial charge in [0.1, 0.15) is 0 Å². The molecule has 2 atom stereocenters. The van der Waals surface area contributed by atoms with Crippen LogP contribution < -0.4 is 5.32 Å². The van der Waals surface area contributed by atoms with Gasteiger partial charge in [-0.3, -0.25) is 4.79 Å². The Hall–Kier alpha value is -0.0500. The molecule has 0 bridgehead atoms. The number of hydrogen-bond acceptors (Lipinski definition) is 1. The van der Waals surface area contributed by atoms with Crippen LogP contribution in [-0.2, 0) is 4.79 Å². The van der Waals surface area contributed by atoms with Gasteiger partial charge in [0.15, 0.2) is 0 Å². The van der Waals surface area contributed by atoms with Gasteiger partial charge in [0.25, 0.3) is 0 Å². The summed E-state index contributed by atoms with van der Waals surface area (Å²) in [6, 6.07) is 0. The van der Waals surface area contributed by atoms with Gasteiger partial charge in [-0.25, -0.2) is 0 Å². The Balaban J connectivity index is 2.06. The van der Waals surface area contributed by atoms with Crippen molar-refractivity contribution in [3.8, 4) is 0 Å². The first-order chi connectivity index (χ1) is 7.72. The van der Waals surface area contributed by atoms with Crippen molar-refractivity contribution in [3.05, 3.63) is 0 Å². The molecule has 0 aromatic heterocycles. The molecule has 2 nitrogen and oxygen atoms in total. The molecule has 0 spiro atoms. The molecule has 0 saturated heterocycles. The molecule has 0 aromatic rings. The Labute approximate surface area is 108 Å². The van der Waals surface area contributed by atoms with E-state index in [9.17, 15) is 4.79 Å². The van der Waals surface area contributed by atoms with Crippen molar-refractivity contribution in [1.82, 2.24) is 5.32 Å². The highest BCUT2D eigenvalue weighted by Gasteiger charge is 2.18. The van der Waals surface area contributed by atoms with Gasteiger partial charge in [-0.1, -0.05) is 35.7 Å². The van der Waals surface area contributed by atoms with E-state index in [4.69, 9.17) is 0 Å². The van der Waals surface area contributed by atoms with Crippen LogP contribution in [0.25, 0.3) is 0 Å². The van der Waals surface area contributed by atoms with Gasteiger partial charge in [-0.15, -0.1) is 0 Å². The number of nitrogens with one attached hydrogen (secondary N) is 1. The fourth-order valence-electron chi connectivity index (χ4n) is 2.47. The zero-order valence-electron chi connectivity index (χ0n) is 10.3. The first-order valence-electron chi connectivity index (χ1n) is 6.55. The standard InChI is InChI=1S/C13H24BrNO/c1-11-5-4-6-12(9-11)10-15-13(16)7-2-3-8-14/h11-12H,2-10H2,1H3,(H,15,16). The number of rotatable bonds is 6. The van der Waals surface area contributed by atoms with Crippen LogP contribution in [0.3, 0.4) is 0 Å². The SMILES string of the molecule is CC1CCCC(CNC(=O)CCCCBr)C1. The number of halogens is 1. The normalized spacial score (nSPS) is 25.4. The van der Waals surface area contributed by atoms with Crippen LogP contribution >= 0.6 is 15.9 Å². The molecule has 1 saturated carbocycles. The Kier molecular flexibility index (Phi) is 7.10. The second kappa shape index (κ2) is 8.10. The predicted octanol–water partition coefficient (Wildman–Crippen LogP) is 3.49. The quantitative estimate of drug-likeness (QED) is 0.589. The summed E-state index contributed by atoms with van der Waals surface area (Å²) in [6.07, 6.45) is 8.08. The summed E-state index contributed by atoms with van der Waals surface area (Å²) < 4.78 is 0. The third-order valence-corrected chi connectivity index (χ3v) is 3.98. The number of carbonyl (C=O) groups is 1. The van der Waals surface area contributed by atoms with E-state index in [2.05, 4.69) is 28.2 Å². The van der Waals surface area contributed by atoms with E-state index in [1.54, 1.807) is 0 Å². The number of hydrogen-bond donors (Lipinski definition) is 1. The van der Waals surface area contributed by atoms with E-state index < -0.39 is 0 Å². The Morgan fingerprint density at radius 3 is 2.88 bits per heavy atom. The first kappa shape index (κ1) is 14.0. The minimum absolute atomic E-state index is 0.235. The van der Waals surface area contributed by atoms with Gasteiger partial charge in [0, 0.05) is 18.3 Å². The summed E-state index contributed by atoms with van der Waals surface area (Å²) in [6.45, 7) is 3.22. The van der Waals surface area contributed by atoms with E-state index in [0.717, 1.165) is 36.6 Å². The molecule has 1 rings (SSSR count). The van der Waals surface area contributed by atoms with Crippen molar-refractivity contribution in [1.29, 1.82) is 0 Å². The number of carbonyl (C=O) groups excluding carboxylic acids is 1. The average molecular weight is 290 g/mol. The maximum atomic E-state index is 11.5. The zero-order chi connectivity index (χ0) is 11.8. The Morgan fingerprint density at radius 2 is 2.19 bits per heavy atom. The van der Waals surface area contributed by atoms with Gasteiger partial charge in [-0.2, -0.15) is 0 Å². The molecule has 1 N–H and O–H groups in total. The van der Waals surface area contributed by atoms with Crippen LogP contribution in [0.2, 0.25) is 0 Å². The first-order valence-corrected chi connectivity index (χ1v) is 7.67. The monoisotopic (exact) mass is 289 g/mol. The summed E-state index contributed by atoms with van der Waals surface area (Å²) in [7, 11) is 0. The van der Waals surface area contributed by atoms with Crippen LogP contribution in [0.15, 0.2) is 0 Å². The molecule has 0 radical (unpaired) electrons. The van der Waals surface area contributed by atoms with Gasteiger partial charge >= 0.3 is 0 Å². The topological polar surface area (TPSA) is 29.1 Å². The second-order valence-electron chi connectivity index (χ2n) is 5.09. The molecule has 3 heteroatoms. The van der Waals surface area contributed by atoms with Gasteiger partial charge in [-0.05, 0) is 37.5 Å². The fraction of sp³-hybridized carbons (Fsp3) is 0.923. The highest BCUT2D eigenvalue weighted by atomic mass is 79.9. The lowest BCUT2D eigenvalue weighted by Crippen LogP contribution is -2.31. The summed E-state index contributed by atoms with van der Waals surface area (Å²) in [5.74, 6) is 1.81. The van der Waals surface area contributed by atoms with Gasteiger partial charge < -0.3 is 5.32 Å². The largest absolute Gasteiger partial charge is 0.356 e. The molecular formula is C13H24BrNO. The summed E-state index contributed by atoms with van der Waals surface area (Å²) in [5.41, 5.74) is 0.